The topological polar surface area (TPSA) is 178 Å². The number of carbonyl (C=O) groups excluding carboxylic acids is 1. The van der Waals surface area contributed by atoms with Crippen LogP contribution in [0.5, 0.6) is 0 Å². The Morgan fingerprint density at radius 1 is 0.962 bits per heavy atom. The maximum Gasteiger partial charge on any atom is 0.217 e. The Bertz CT molecular complexity index is 477. The molecule has 7 N–H and O–H groups in total. The Morgan fingerprint density at radius 3 is 2.12 bits per heavy atom. The summed E-state index contributed by atoms with van der Waals surface area (Å²) in [4.78, 5) is 11.3. The van der Waals surface area contributed by atoms with Gasteiger partial charge >= 0.3 is 0 Å². The highest BCUT2D eigenvalue weighted by Crippen LogP contribution is 2.29. The number of amides is 1. The molecule has 1 amide bonds. The van der Waals surface area contributed by atoms with Crippen LogP contribution in [0.2, 0.25) is 0 Å². The fourth-order valence-corrected chi connectivity index (χ4v) is 3.23. The Kier molecular flexibility index (Phi) is 7.30. The van der Waals surface area contributed by atoms with Crippen LogP contribution in [-0.2, 0) is 19.0 Å². The maximum atomic E-state index is 11.3. The molecule has 0 radical (unpaired) electrons. The minimum Gasteiger partial charge on any atom is -0.394 e. The van der Waals surface area contributed by atoms with Crippen LogP contribution in [0.15, 0.2) is 0 Å². The molecule has 2 heterocycles. The van der Waals surface area contributed by atoms with Crippen LogP contribution in [0, 0.1) is 0 Å². The van der Waals surface area contributed by atoms with Gasteiger partial charge in [0.1, 0.15) is 42.7 Å². The van der Waals surface area contributed by atoms with Gasteiger partial charge in [0.05, 0.1) is 25.4 Å². The van der Waals surface area contributed by atoms with Crippen molar-refractivity contribution >= 4 is 5.91 Å². The van der Waals surface area contributed by atoms with Crippen molar-refractivity contribution in [2.75, 3.05) is 13.2 Å². The first-order chi connectivity index (χ1) is 12.2. The van der Waals surface area contributed by atoms with Crippen molar-refractivity contribution in [1.82, 2.24) is 5.32 Å². The largest absolute Gasteiger partial charge is 0.394 e. The van der Waals surface area contributed by atoms with Gasteiger partial charge in [0, 0.05) is 6.92 Å². The molecule has 11 nitrogen and oxygen atoms in total. The van der Waals surface area contributed by atoms with Crippen LogP contribution in [-0.4, -0.2) is 111 Å². The van der Waals surface area contributed by atoms with Gasteiger partial charge in [-0.2, -0.15) is 0 Å². The van der Waals surface area contributed by atoms with E-state index in [-0.39, 0.29) is 0 Å². The lowest BCUT2D eigenvalue weighted by Crippen LogP contribution is -2.66. The molecule has 2 fully saturated rings. The van der Waals surface area contributed by atoms with Gasteiger partial charge in [0.25, 0.3) is 0 Å². The van der Waals surface area contributed by atoms with Crippen molar-refractivity contribution in [3.8, 4) is 0 Å². The maximum absolute atomic E-state index is 11.3. The molecule has 2 rings (SSSR count). The molecular weight excluding hydrogens is 354 g/mol. The monoisotopic (exact) mass is 381 g/mol. The molecule has 10 atom stereocenters. The van der Waals surface area contributed by atoms with Gasteiger partial charge in [-0.05, 0) is 6.92 Å². The van der Waals surface area contributed by atoms with E-state index in [0.717, 1.165) is 0 Å². The predicted octanol–water partition coefficient (Wildman–Crippen LogP) is -4.18. The zero-order valence-electron chi connectivity index (χ0n) is 14.5. The van der Waals surface area contributed by atoms with E-state index in [1.54, 1.807) is 6.92 Å². The van der Waals surface area contributed by atoms with E-state index in [0.29, 0.717) is 0 Å². The highest BCUT2D eigenvalue weighted by Gasteiger charge is 2.50. The van der Waals surface area contributed by atoms with Gasteiger partial charge in [-0.1, -0.05) is 0 Å². The van der Waals surface area contributed by atoms with Crippen molar-refractivity contribution in [2.45, 2.75) is 75.0 Å². The molecule has 0 saturated carbocycles. The fraction of sp³-hybridized carbons (Fsp3) is 0.933. The van der Waals surface area contributed by atoms with Crippen molar-refractivity contribution in [3.05, 3.63) is 0 Å². The highest BCUT2D eigenvalue weighted by atomic mass is 16.7. The van der Waals surface area contributed by atoms with Crippen molar-refractivity contribution < 1.29 is 49.6 Å². The Morgan fingerprint density at radius 2 is 1.58 bits per heavy atom. The summed E-state index contributed by atoms with van der Waals surface area (Å²) >= 11 is 0. The van der Waals surface area contributed by atoms with E-state index in [4.69, 9.17) is 14.2 Å². The molecule has 0 aromatic heterocycles. The number of hydrogen-bond acceptors (Lipinski definition) is 10. The molecule has 2 aliphatic heterocycles. The molecule has 2 aliphatic rings. The van der Waals surface area contributed by atoms with E-state index in [1.165, 1.54) is 6.92 Å². The fourth-order valence-electron chi connectivity index (χ4n) is 3.23. The van der Waals surface area contributed by atoms with E-state index in [2.05, 4.69) is 5.32 Å². The second-order valence-electron chi connectivity index (χ2n) is 6.58. The third-order valence-electron chi connectivity index (χ3n) is 4.66. The second-order valence-corrected chi connectivity index (χ2v) is 6.58. The molecule has 4 unspecified atom stereocenters. The smallest absolute Gasteiger partial charge is 0.217 e. The number of aliphatic hydroxyl groups excluding tert-OH is 6. The van der Waals surface area contributed by atoms with Gasteiger partial charge in [-0.25, -0.2) is 0 Å². The quantitative estimate of drug-likeness (QED) is 0.247. The van der Waals surface area contributed by atoms with Gasteiger partial charge in [-0.15, -0.1) is 0 Å². The summed E-state index contributed by atoms with van der Waals surface area (Å²) < 4.78 is 16.3. The third-order valence-corrected chi connectivity index (χ3v) is 4.66. The summed E-state index contributed by atoms with van der Waals surface area (Å²) in [5.41, 5.74) is 0. The second kappa shape index (κ2) is 8.87. The van der Waals surface area contributed by atoms with Crippen LogP contribution in [0.3, 0.4) is 0 Å². The predicted molar refractivity (Wildman–Crippen MR) is 83.7 cm³/mol. The molecule has 11 heteroatoms. The van der Waals surface area contributed by atoms with Crippen LogP contribution in [0.25, 0.3) is 0 Å². The van der Waals surface area contributed by atoms with E-state index in [9.17, 15) is 35.4 Å². The summed E-state index contributed by atoms with van der Waals surface area (Å²) in [6, 6.07) is -0.842. The number of rotatable bonds is 5. The van der Waals surface area contributed by atoms with Gasteiger partial charge in [0.2, 0.25) is 5.91 Å². The first kappa shape index (κ1) is 21.4. The normalized spacial score (nSPS) is 46.8. The molecule has 0 aromatic rings. The molecule has 152 valence electrons. The Hall–Kier alpha value is -0.890. The Balaban J connectivity index is 2.16. The summed E-state index contributed by atoms with van der Waals surface area (Å²) in [6.45, 7) is 1.72. The SMILES string of the molecule is CC(=O)NC1[C@@H](O)[C@H](O[C@H]2OC(CO)[C@@H](O)[C@H](O)C2O)C(CO)O[C@@H]1C. The molecule has 26 heavy (non-hydrogen) atoms. The number of carbonyl (C=O) groups is 1. The van der Waals surface area contributed by atoms with E-state index in [1.807, 2.05) is 0 Å². The Labute approximate surface area is 150 Å². The van der Waals surface area contributed by atoms with Crippen LogP contribution < -0.4 is 5.32 Å². The van der Waals surface area contributed by atoms with Crippen LogP contribution in [0.1, 0.15) is 13.8 Å². The van der Waals surface area contributed by atoms with E-state index < -0.39 is 80.3 Å². The van der Waals surface area contributed by atoms with Crippen molar-refractivity contribution in [1.29, 1.82) is 0 Å². The molecular formula is C15H27NO10. The highest BCUT2D eigenvalue weighted by molar-refractivity contribution is 5.73. The minimum absolute atomic E-state index is 0.404. The average Bonchev–Trinajstić information content (AvgIpc) is 2.60. The molecule has 2 saturated heterocycles. The molecule has 0 aliphatic carbocycles. The zero-order chi connectivity index (χ0) is 19.6. The lowest BCUT2D eigenvalue weighted by atomic mass is 9.92. The lowest BCUT2D eigenvalue weighted by molar-refractivity contribution is -0.335. The average molecular weight is 381 g/mol. The molecule has 0 spiro atoms. The molecule has 0 aromatic carbocycles. The summed E-state index contributed by atoms with van der Waals surface area (Å²) in [6.07, 6.45) is -11.7. The number of nitrogens with one attached hydrogen (secondary N) is 1. The first-order valence-corrected chi connectivity index (χ1v) is 8.38. The summed E-state index contributed by atoms with van der Waals surface area (Å²) in [7, 11) is 0. The standard InChI is InChI=1S/C15H27NO10/c1-5-9(16-6(2)19)11(21)14(8(4-18)24-5)26-15-13(23)12(22)10(20)7(3-17)25-15/h5,7-15,17-18,20-23H,3-4H2,1-2H3,(H,16,19)/t5-,7?,8?,9?,10-,11-,12+,13?,14-,15-/m1/s1. The first-order valence-electron chi connectivity index (χ1n) is 8.38. The zero-order valence-corrected chi connectivity index (χ0v) is 14.5. The number of ether oxygens (including phenoxy) is 3. The van der Waals surface area contributed by atoms with Gasteiger partial charge in [0.15, 0.2) is 6.29 Å². The summed E-state index contributed by atoms with van der Waals surface area (Å²) in [5, 5.41) is 61.5. The lowest BCUT2D eigenvalue weighted by Gasteiger charge is -2.46. The van der Waals surface area contributed by atoms with Crippen molar-refractivity contribution in [2.24, 2.45) is 0 Å². The van der Waals surface area contributed by atoms with Crippen molar-refractivity contribution in [3.63, 3.8) is 0 Å². The van der Waals surface area contributed by atoms with Crippen LogP contribution in [0.4, 0.5) is 0 Å². The third kappa shape index (κ3) is 4.32. The number of hydrogen-bond donors (Lipinski definition) is 7. The van der Waals surface area contributed by atoms with Gasteiger partial charge < -0.3 is 50.2 Å². The van der Waals surface area contributed by atoms with Gasteiger partial charge in [-0.3, -0.25) is 4.79 Å². The van der Waals surface area contributed by atoms with Crippen LogP contribution >= 0.6 is 0 Å². The number of aliphatic hydroxyl groups is 6. The van der Waals surface area contributed by atoms with E-state index >= 15 is 0 Å². The molecule has 0 bridgehead atoms. The minimum atomic E-state index is -1.67. The summed E-state index contributed by atoms with van der Waals surface area (Å²) in [5.74, 6) is -0.404.